The van der Waals surface area contributed by atoms with Crippen LogP contribution in [0, 0.1) is 0 Å². The summed E-state index contributed by atoms with van der Waals surface area (Å²) >= 11 is 0. The Morgan fingerprint density at radius 2 is 2.44 bits per heavy atom. The molecule has 0 aliphatic carbocycles. The van der Waals surface area contributed by atoms with Gasteiger partial charge in [0.05, 0.1) is 18.9 Å². The smallest absolute Gasteiger partial charge is 0.334 e. The van der Waals surface area contributed by atoms with Crippen LogP contribution in [0.3, 0.4) is 0 Å². The highest BCUT2D eigenvalue weighted by Gasteiger charge is 2.11. The first-order valence-corrected chi connectivity index (χ1v) is 5.26. The molecule has 0 bridgehead atoms. The molecule has 0 amide bonds. The maximum atomic E-state index is 11.3. The van der Waals surface area contributed by atoms with E-state index in [2.05, 4.69) is 11.9 Å². The molecule has 16 heavy (non-hydrogen) atoms. The van der Waals surface area contributed by atoms with Crippen LogP contribution in [0.1, 0.15) is 25.6 Å². The molecule has 4 heteroatoms. The lowest BCUT2D eigenvalue weighted by Gasteiger charge is -2.12. The molecule has 1 aromatic heterocycles. The van der Waals surface area contributed by atoms with Crippen LogP contribution < -0.4 is 5.32 Å². The van der Waals surface area contributed by atoms with Gasteiger partial charge in [-0.15, -0.1) is 0 Å². The van der Waals surface area contributed by atoms with Gasteiger partial charge < -0.3 is 14.5 Å². The van der Waals surface area contributed by atoms with Gasteiger partial charge >= 0.3 is 5.97 Å². The van der Waals surface area contributed by atoms with E-state index in [-0.39, 0.29) is 12.0 Å². The molecule has 0 fully saturated rings. The van der Waals surface area contributed by atoms with Crippen molar-refractivity contribution >= 4 is 5.97 Å². The van der Waals surface area contributed by atoms with Gasteiger partial charge in [-0.05, 0) is 26.0 Å². The lowest BCUT2D eigenvalue weighted by molar-refractivity contribution is -0.138. The van der Waals surface area contributed by atoms with Gasteiger partial charge in [-0.1, -0.05) is 6.58 Å². The molecule has 1 aromatic rings. The van der Waals surface area contributed by atoms with Crippen molar-refractivity contribution in [2.24, 2.45) is 0 Å². The van der Waals surface area contributed by atoms with E-state index < -0.39 is 0 Å². The minimum atomic E-state index is -0.360. The summed E-state index contributed by atoms with van der Waals surface area (Å²) in [6.07, 6.45) is 1.62. The third-order valence-corrected chi connectivity index (χ3v) is 2.16. The average molecular weight is 223 g/mol. The Kier molecular flexibility index (Phi) is 4.79. The van der Waals surface area contributed by atoms with E-state index in [1.807, 2.05) is 19.1 Å². The number of ether oxygens (including phenoxy) is 1. The second-order valence-corrected chi connectivity index (χ2v) is 3.44. The molecule has 1 atom stereocenters. The summed E-state index contributed by atoms with van der Waals surface area (Å²) in [7, 11) is 0. The Morgan fingerprint density at radius 3 is 3.00 bits per heavy atom. The molecule has 0 aliphatic rings. The van der Waals surface area contributed by atoms with Gasteiger partial charge in [-0.2, -0.15) is 0 Å². The normalized spacial score (nSPS) is 12.1. The summed E-state index contributed by atoms with van der Waals surface area (Å²) in [5, 5.41) is 3.13. The molecule has 1 unspecified atom stereocenters. The summed E-state index contributed by atoms with van der Waals surface area (Å²) in [5.74, 6) is 0.471. The first-order chi connectivity index (χ1) is 7.65. The fourth-order valence-corrected chi connectivity index (χ4v) is 1.22. The fraction of sp³-hybridized carbons (Fsp3) is 0.417. The second-order valence-electron chi connectivity index (χ2n) is 3.44. The fourth-order valence-electron chi connectivity index (χ4n) is 1.22. The van der Waals surface area contributed by atoms with E-state index in [0.717, 1.165) is 5.76 Å². The van der Waals surface area contributed by atoms with E-state index in [4.69, 9.17) is 9.15 Å². The number of hydrogen-bond acceptors (Lipinski definition) is 4. The number of esters is 1. The minimum absolute atomic E-state index is 0.0428. The van der Waals surface area contributed by atoms with E-state index in [0.29, 0.717) is 18.7 Å². The van der Waals surface area contributed by atoms with E-state index in [9.17, 15) is 4.79 Å². The van der Waals surface area contributed by atoms with Gasteiger partial charge in [0, 0.05) is 12.1 Å². The largest absolute Gasteiger partial charge is 0.468 e. The first kappa shape index (κ1) is 12.5. The van der Waals surface area contributed by atoms with Crippen LogP contribution in [0.15, 0.2) is 35.0 Å². The minimum Gasteiger partial charge on any atom is -0.468 e. The maximum absolute atomic E-state index is 11.3. The summed E-state index contributed by atoms with van der Waals surface area (Å²) in [6.45, 7) is 8.14. The van der Waals surface area contributed by atoms with Crippen LogP contribution in [-0.4, -0.2) is 19.1 Å². The van der Waals surface area contributed by atoms with Crippen molar-refractivity contribution in [1.82, 2.24) is 5.32 Å². The third-order valence-electron chi connectivity index (χ3n) is 2.16. The topological polar surface area (TPSA) is 51.5 Å². The SMILES string of the molecule is C=C(CNC(C)c1ccco1)C(=O)OCC. The summed E-state index contributed by atoms with van der Waals surface area (Å²) in [6, 6.07) is 3.75. The zero-order chi connectivity index (χ0) is 12.0. The van der Waals surface area contributed by atoms with Crippen molar-refractivity contribution in [3.05, 3.63) is 36.3 Å². The Balaban J connectivity index is 2.34. The molecule has 0 saturated heterocycles. The Labute approximate surface area is 95.3 Å². The second kappa shape index (κ2) is 6.12. The Hall–Kier alpha value is -1.55. The zero-order valence-corrected chi connectivity index (χ0v) is 9.66. The van der Waals surface area contributed by atoms with E-state index >= 15 is 0 Å². The van der Waals surface area contributed by atoms with Gasteiger partial charge in [0.25, 0.3) is 0 Å². The highest BCUT2D eigenvalue weighted by atomic mass is 16.5. The molecule has 1 heterocycles. The number of carbonyl (C=O) groups excluding carboxylic acids is 1. The number of rotatable bonds is 6. The lowest BCUT2D eigenvalue weighted by Crippen LogP contribution is -2.24. The standard InChI is InChI=1S/C12H17NO3/c1-4-15-12(14)9(2)8-13-10(3)11-6-5-7-16-11/h5-7,10,13H,2,4,8H2,1,3H3. The van der Waals surface area contributed by atoms with Crippen LogP contribution in [-0.2, 0) is 9.53 Å². The third kappa shape index (κ3) is 3.55. The molecular weight excluding hydrogens is 206 g/mol. The van der Waals surface area contributed by atoms with Crippen molar-refractivity contribution in [3.8, 4) is 0 Å². The number of nitrogens with one attached hydrogen (secondary N) is 1. The molecule has 0 spiro atoms. The summed E-state index contributed by atoms with van der Waals surface area (Å²) in [4.78, 5) is 11.3. The monoisotopic (exact) mass is 223 g/mol. The number of carbonyl (C=O) groups is 1. The first-order valence-electron chi connectivity index (χ1n) is 5.26. The van der Waals surface area contributed by atoms with Crippen molar-refractivity contribution in [1.29, 1.82) is 0 Å². The number of hydrogen-bond donors (Lipinski definition) is 1. The van der Waals surface area contributed by atoms with Gasteiger partial charge in [-0.3, -0.25) is 0 Å². The Morgan fingerprint density at radius 1 is 1.69 bits per heavy atom. The van der Waals surface area contributed by atoms with Gasteiger partial charge in [0.1, 0.15) is 5.76 Å². The van der Waals surface area contributed by atoms with Gasteiger partial charge in [-0.25, -0.2) is 4.79 Å². The predicted octanol–water partition coefficient (Wildman–Crippen LogP) is 2.05. The molecular formula is C12H17NO3. The predicted molar refractivity (Wildman–Crippen MR) is 60.9 cm³/mol. The van der Waals surface area contributed by atoms with Crippen LogP contribution >= 0.6 is 0 Å². The maximum Gasteiger partial charge on any atom is 0.334 e. The van der Waals surface area contributed by atoms with Crippen molar-refractivity contribution in [3.63, 3.8) is 0 Å². The van der Waals surface area contributed by atoms with Crippen molar-refractivity contribution in [2.45, 2.75) is 19.9 Å². The Bertz CT molecular complexity index is 343. The molecule has 0 saturated carbocycles. The molecule has 0 aliphatic heterocycles. The lowest BCUT2D eigenvalue weighted by atomic mass is 10.2. The van der Waals surface area contributed by atoms with E-state index in [1.54, 1.807) is 13.2 Å². The van der Waals surface area contributed by atoms with Crippen LogP contribution in [0.4, 0.5) is 0 Å². The zero-order valence-electron chi connectivity index (χ0n) is 9.66. The van der Waals surface area contributed by atoms with Crippen LogP contribution in [0.2, 0.25) is 0 Å². The number of furan rings is 1. The van der Waals surface area contributed by atoms with E-state index in [1.165, 1.54) is 0 Å². The summed E-state index contributed by atoms with van der Waals surface area (Å²) < 4.78 is 10.1. The molecule has 0 aromatic carbocycles. The van der Waals surface area contributed by atoms with Crippen LogP contribution in [0.25, 0.3) is 0 Å². The highest BCUT2D eigenvalue weighted by molar-refractivity contribution is 5.88. The van der Waals surface area contributed by atoms with Gasteiger partial charge in [0.2, 0.25) is 0 Å². The molecule has 4 nitrogen and oxygen atoms in total. The van der Waals surface area contributed by atoms with Gasteiger partial charge in [0.15, 0.2) is 0 Å². The molecule has 1 N–H and O–H groups in total. The molecule has 0 radical (unpaired) electrons. The van der Waals surface area contributed by atoms with Crippen molar-refractivity contribution < 1.29 is 13.9 Å². The quantitative estimate of drug-likeness (QED) is 0.592. The summed E-state index contributed by atoms with van der Waals surface area (Å²) in [5.41, 5.74) is 0.417. The van der Waals surface area contributed by atoms with Crippen molar-refractivity contribution in [2.75, 3.05) is 13.2 Å². The average Bonchev–Trinajstić information content (AvgIpc) is 2.79. The van der Waals surface area contributed by atoms with Crippen LogP contribution in [0.5, 0.6) is 0 Å². The molecule has 88 valence electrons. The highest BCUT2D eigenvalue weighted by Crippen LogP contribution is 2.12. The molecule has 1 rings (SSSR count).